The topological polar surface area (TPSA) is 84.7 Å². The van der Waals surface area contributed by atoms with Crippen molar-refractivity contribution in [1.29, 1.82) is 0 Å². The van der Waals surface area contributed by atoms with E-state index in [9.17, 15) is 9.59 Å². The van der Waals surface area contributed by atoms with Crippen LogP contribution < -0.4 is 15.8 Å². The van der Waals surface area contributed by atoms with E-state index in [2.05, 4.69) is 5.32 Å². The number of ether oxygens (including phenoxy) is 1. The fraction of sp³-hybridized carbons (Fsp3) is 0.385. The number of amides is 2. The smallest absolute Gasteiger partial charge is 0.261 e. The molecule has 1 aromatic rings. The van der Waals surface area contributed by atoms with Gasteiger partial charge in [-0.05, 0) is 12.1 Å². The Balaban J connectivity index is 1.93. The highest BCUT2D eigenvalue weighted by Gasteiger charge is 2.30. The monoisotopic (exact) mass is 263 g/mol. The molecule has 6 nitrogen and oxygen atoms in total. The lowest BCUT2D eigenvalue weighted by Crippen LogP contribution is -2.59. The van der Waals surface area contributed by atoms with Gasteiger partial charge in [-0.25, -0.2) is 0 Å². The van der Waals surface area contributed by atoms with E-state index < -0.39 is 11.9 Å². The fourth-order valence-electron chi connectivity index (χ4n) is 2.00. The molecule has 6 heteroatoms. The predicted molar refractivity (Wildman–Crippen MR) is 69.5 cm³/mol. The largest absolute Gasteiger partial charge is 0.484 e. The summed E-state index contributed by atoms with van der Waals surface area (Å²) in [6.07, 6.45) is 0. The molecule has 0 spiro atoms. The minimum atomic E-state index is -0.597. The Hall–Kier alpha value is -2.08. The van der Waals surface area contributed by atoms with Crippen LogP contribution in [0.1, 0.15) is 0 Å². The summed E-state index contributed by atoms with van der Waals surface area (Å²) in [6, 6.07) is 8.48. The number of rotatable bonds is 4. The van der Waals surface area contributed by atoms with Gasteiger partial charge in [0.2, 0.25) is 5.91 Å². The molecule has 0 aliphatic carbocycles. The van der Waals surface area contributed by atoms with Crippen molar-refractivity contribution in [1.82, 2.24) is 10.2 Å². The first-order valence-corrected chi connectivity index (χ1v) is 6.16. The van der Waals surface area contributed by atoms with E-state index in [-0.39, 0.29) is 12.5 Å². The zero-order valence-electron chi connectivity index (χ0n) is 10.5. The van der Waals surface area contributed by atoms with Crippen molar-refractivity contribution in [2.24, 2.45) is 5.73 Å². The molecule has 0 radical (unpaired) electrons. The van der Waals surface area contributed by atoms with Crippen LogP contribution in [0.15, 0.2) is 30.3 Å². The van der Waals surface area contributed by atoms with Gasteiger partial charge in [-0.2, -0.15) is 0 Å². The van der Waals surface area contributed by atoms with E-state index in [1.165, 1.54) is 4.90 Å². The summed E-state index contributed by atoms with van der Waals surface area (Å²) in [5, 5.41) is 3.04. The zero-order valence-corrected chi connectivity index (χ0v) is 10.5. The first-order chi connectivity index (χ1) is 9.18. The van der Waals surface area contributed by atoms with E-state index in [1.807, 2.05) is 18.2 Å². The van der Waals surface area contributed by atoms with Crippen LogP contribution in [0.2, 0.25) is 0 Å². The third kappa shape index (κ3) is 3.45. The number of para-hydroxylation sites is 1. The van der Waals surface area contributed by atoms with Crippen molar-refractivity contribution in [2.75, 3.05) is 26.2 Å². The average molecular weight is 263 g/mol. The minimum absolute atomic E-state index is 0.0895. The van der Waals surface area contributed by atoms with Crippen LogP contribution in [0.3, 0.4) is 0 Å². The maximum atomic E-state index is 12.1. The summed E-state index contributed by atoms with van der Waals surface area (Å²) in [5.74, 6) is -0.101. The molecule has 1 aromatic carbocycles. The Bertz CT molecular complexity index is 450. The van der Waals surface area contributed by atoms with Crippen LogP contribution >= 0.6 is 0 Å². The lowest BCUT2D eigenvalue weighted by molar-refractivity contribution is -0.141. The molecular formula is C13H17N3O3. The van der Waals surface area contributed by atoms with Crippen LogP contribution in [-0.2, 0) is 9.59 Å². The summed E-state index contributed by atoms with van der Waals surface area (Å²) in [4.78, 5) is 24.8. The quantitative estimate of drug-likeness (QED) is 0.756. The van der Waals surface area contributed by atoms with Gasteiger partial charge < -0.3 is 20.7 Å². The lowest BCUT2D eigenvalue weighted by atomic mass is 10.2. The van der Waals surface area contributed by atoms with Crippen LogP contribution in [0.25, 0.3) is 0 Å². The van der Waals surface area contributed by atoms with E-state index in [4.69, 9.17) is 10.5 Å². The van der Waals surface area contributed by atoms with Gasteiger partial charge in [0.25, 0.3) is 5.91 Å². The SMILES string of the molecule is NC(=O)C1CNCCN1C(=O)COc1ccccc1. The summed E-state index contributed by atoms with van der Waals surface area (Å²) in [6.45, 7) is 1.42. The molecule has 1 saturated heterocycles. The predicted octanol–water partition coefficient (Wildman–Crippen LogP) is -0.649. The highest BCUT2D eigenvalue weighted by atomic mass is 16.5. The molecule has 1 aliphatic rings. The van der Waals surface area contributed by atoms with Crippen molar-refractivity contribution >= 4 is 11.8 Å². The highest BCUT2D eigenvalue weighted by molar-refractivity contribution is 5.87. The molecule has 2 amide bonds. The molecule has 2 rings (SSSR count). The van der Waals surface area contributed by atoms with Gasteiger partial charge in [-0.15, -0.1) is 0 Å². The molecule has 1 unspecified atom stereocenters. The average Bonchev–Trinajstić information content (AvgIpc) is 2.46. The Morgan fingerprint density at radius 1 is 1.37 bits per heavy atom. The van der Waals surface area contributed by atoms with Gasteiger partial charge in [0, 0.05) is 19.6 Å². The maximum Gasteiger partial charge on any atom is 0.261 e. The van der Waals surface area contributed by atoms with Gasteiger partial charge in [-0.3, -0.25) is 9.59 Å². The molecule has 102 valence electrons. The summed E-state index contributed by atoms with van der Waals surface area (Å²) < 4.78 is 5.39. The number of nitrogens with one attached hydrogen (secondary N) is 1. The summed E-state index contributed by atoms with van der Waals surface area (Å²) in [5.41, 5.74) is 5.29. The number of nitrogens with zero attached hydrogens (tertiary/aromatic N) is 1. The van der Waals surface area contributed by atoms with E-state index in [0.717, 1.165) is 0 Å². The van der Waals surface area contributed by atoms with Gasteiger partial charge >= 0.3 is 0 Å². The standard InChI is InChI=1S/C13H17N3O3/c14-13(18)11-8-15-6-7-16(11)12(17)9-19-10-4-2-1-3-5-10/h1-5,11,15H,6-9H2,(H2,14,18). The molecular weight excluding hydrogens is 246 g/mol. The van der Waals surface area contributed by atoms with Gasteiger partial charge in [0.05, 0.1) is 0 Å². The van der Waals surface area contributed by atoms with E-state index in [1.54, 1.807) is 12.1 Å². The van der Waals surface area contributed by atoms with Crippen molar-refractivity contribution in [3.63, 3.8) is 0 Å². The molecule has 3 N–H and O–H groups in total. The number of primary amides is 1. The second-order valence-electron chi connectivity index (χ2n) is 4.31. The van der Waals surface area contributed by atoms with Gasteiger partial charge in [0.1, 0.15) is 11.8 Å². The number of hydrogen-bond donors (Lipinski definition) is 2. The molecule has 1 aliphatic heterocycles. The minimum Gasteiger partial charge on any atom is -0.484 e. The Morgan fingerprint density at radius 3 is 2.79 bits per heavy atom. The van der Waals surface area contributed by atoms with Crippen molar-refractivity contribution < 1.29 is 14.3 Å². The second kappa shape index (κ2) is 6.19. The van der Waals surface area contributed by atoms with Crippen molar-refractivity contribution in [3.8, 4) is 5.75 Å². The normalized spacial score (nSPS) is 18.9. The molecule has 0 saturated carbocycles. The van der Waals surface area contributed by atoms with Gasteiger partial charge in [-0.1, -0.05) is 18.2 Å². The first kappa shape index (κ1) is 13.4. The van der Waals surface area contributed by atoms with Crippen molar-refractivity contribution in [3.05, 3.63) is 30.3 Å². The Labute approximate surface area is 111 Å². The molecule has 1 fully saturated rings. The molecule has 0 aromatic heterocycles. The van der Waals surface area contributed by atoms with E-state index in [0.29, 0.717) is 25.4 Å². The number of carbonyl (C=O) groups excluding carboxylic acids is 2. The fourth-order valence-corrected chi connectivity index (χ4v) is 2.00. The molecule has 1 atom stereocenters. The molecule has 0 bridgehead atoms. The summed E-state index contributed by atoms with van der Waals surface area (Å²) >= 11 is 0. The zero-order chi connectivity index (χ0) is 13.7. The summed E-state index contributed by atoms with van der Waals surface area (Å²) in [7, 11) is 0. The van der Waals surface area contributed by atoms with Crippen LogP contribution in [-0.4, -0.2) is 49.0 Å². The second-order valence-corrected chi connectivity index (χ2v) is 4.31. The van der Waals surface area contributed by atoms with Crippen LogP contribution in [0.5, 0.6) is 5.75 Å². The molecule has 1 heterocycles. The number of piperazine rings is 1. The highest BCUT2D eigenvalue weighted by Crippen LogP contribution is 2.09. The van der Waals surface area contributed by atoms with Crippen molar-refractivity contribution in [2.45, 2.75) is 6.04 Å². The number of benzene rings is 1. The van der Waals surface area contributed by atoms with Crippen LogP contribution in [0.4, 0.5) is 0 Å². The Morgan fingerprint density at radius 2 is 2.11 bits per heavy atom. The van der Waals surface area contributed by atoms with Crippen LogP contribution in [0, 0.1) is 0 Å². The first-order valence-electron chi connectivity index (χ1n) is 6.16. The third-order valence-electron chi connectivity index (χ3n) is 3.00. The van der Waals surface area contributed by atoms with Gasteiger partial charge in [0.15, 0.2) is 6.61 Å². The number of hydrogen-bond acceptors (Lipinski definition) is 4. The molecule has 19 heavy (non-hydrogen) atoms. The van der Waals surface area contributed by atoms with E-state index >= 15 is 0 Å². The third-order valence-corrected chi connectivity index (χ3v) is 3.00. The Kier molecular flexibility index (Phi) is 4.35. The number of carbonyl (C=O) groups is 2. The lowest BCUT2D eigenvalue weighted by Gasteiger charge is -2.34. The number of nitrogens with two attached hydrogens (primary N) is 1. The maximum absolute atomic E-state index is 12.1.